The molecule has 0 aliphatic heterocycles. The van der Waals surface area contributed by atoms with Gasteiger partial charge in [-0.25, -0.2) is 18.1 Å². The third-order valence-electron chi connectivity index (χ3n) is 3.09. The smallest absolute Gasteiger partial charge is 0.242 e. The summed E-state index contributed by atoms with van der Waals surface area (Å²) in [5.41, 5.74) is 0.909. The van der Waals surface area contributed by atoms with Crippen LogP contribution in [0.25, 0.3) is 0 Å². The minimum Gasteiger partial charge on any atom is -0.262 e. The van der Waals surface area contributed by atoms with Crippen molar-refractivity contribution in [1.29, 1.82) is 0 Å². The quantitative estimate of drug-likeness (QED) is 0.883. The van der Waals surface area contributed by atoms with E-state index in [4.69, 9.17) is 11.6 Å². The van der Waals surface area contributed by atoms with Crippen LogP contribution in [0.3, 0.4) is 0 Å². The summed E-state index contributed by atoms with van der Waals surface area (Å²) in [7, 11) is -3.74. The van der Waals surface area contributed by atoms with Gasteiger partial charge in [0, 0.05) is 0 Å². The maximum absolute atomic E-state index is 12.5. The molecule has 0 aliphatic carbocycles. The van der Waals surface area contributed by atoms with Crippen molar-refractivity contribution < 1.29 is 8.42 Å². The summed E-state index contributed by atoms with van der Waals surface area (Å²) in [5.74, 6) is 0.651. The van der Waals surface area contributed by atoms with Crippen molar-refractivity contribution in [3.8, 4) is 0 Å². The second-order valence-corrected chi connectivity index (χ2v) is 7.15. The maximum atomic E-state index is 12.5. The van der Waals surface area contributed by atoms with Crippen molar-refractivity contribution in [2.24, 2.45) is 0 Å². The van der Waals surface area contributed by atoms with Crippen LogP contribution in [0.5, 0.6) is 0 Å². The number of benzene rings is 1. The molecule has 0 radical (unpaired) electrons. The summed E-state index contributed by atoms with van der Waals surface area (Å²) in [6, 6.07) is 4.50. The molecule has 2 N–H and O–H groups in total. The highest BCUT2D eigenvalue weighted by atomic mass is 35.5. The Balaban J connectivity index is 2.33. The van der Waals surface area contributed by atoms with E-state index in [-0.39, 0.29) is 15.8 Å². The molecule has 0 fully saturated rings. The van der Waals surface area contributed by atoms with E-state index in [2.05, 4.69) is 19.9 Å². The molecule has 1 aromatic heterocycles. The molecule has 2 aromatic rings. The third-order valence-corrected chi connectivity index (χ3v) is 5.11. The van der Waals surface area contributed by atoms with Crippen molar-refractivity contribution in [1.82, 2.24) is 19.9 Å². The van der Waals surface area contributed by atoms with Crippen LogP contribution < -0.4 is 4.72 Å². The fourth-order valence-corrected chi connectivity index (χ4v) is 3.60. The van der Waals surface area contributed by atoms with E-state index in [1.165, 1.54) is 6.33 Å². The van der Waals surface area contributed by atoms with Crippen LogP contribution in [0.2, 0.25) is 5.02 Å². The highest BCUT2D eigenvalue weighted by Gasteiger charge is 2.23. The maximum Gasteiger partial charge on any atom is 0.242 e. The first-order valence-electron chi connectivity index (χ1n) is 6.48. The molecule has 0 saturated heterocycles. The SMILES string of the molecule is CC(C)c1ccc(Cl)c(S(=O)(=O)N[C@@H](C)c2ncn[nH]2)c1. The number of rotatable bonds is 5. The van der Waals surface area contributed by atoms with E-state index in [1.807, 2.05) is 19.9 Å². The van der Waals surface area contributed by atoms with Gasteiger partial charge in [-0.1, -0.05) is 31.5 Å². The summed E-state index contributed by atoms with van der Waals surface area (Å²) >= 11 is 6.04. The molecule has 0 amide bonds. The number of sulfonamides is 1. The van der Waals surface area contributed by atoms with Crippen molar-refractivity contribution in [2.45, 2.75) is 37.6 Å². The second-order valence-electron chi connectivity index (χ2n) is 5.06. The highest BCUT2D eigenvalue weighted by Crippen LogP contribution is 2.27. The first-order valence-corrected chi connectivity index (χ1v) is 8.34. The fraction of sp³-hybridized carbons (Fsp3) is 0.385. The Morgan fingerprint density at radius 2 is 2.00 bits per heavy atom. The third kappa shape index (κ3) is 3.61. The summed E-state index contributed by atoms with van der Waals surface area (Å²) in [4.78, 5) is 4.01. The lowest BCUT2D eigenvalue weighted by atomic mass is 10.0. The standard InChI is InChI=1S/C13H17ClN4O2S/c1-8(2)10-4-5-11(14)12(6-10)21(19,20)18-9(3)13-15-7-16-17-13/h4-9,18H,1-3H3,(H,15,16,17)/t9-/m0/s1. The number of nitrogens with one attached hydrogen (secondary N) is 2. The highest BCUT2D eigenvalue weighted by molar-refractivity contribution is 7.89. The predicted octanol–water partition coefficient (Wildman–Crippen LogP) is 2.62. The van der Waals surface area contributed by atoms with E-state index >= 15 is 0 Å². The molecule has 1 atom stereocenters. The summed E-state index contributed by atoms with van der Waals surface area (Å²) in [6.07, 6.45) is 1.33. The van der Waals surface area contributed by atoms with Crippen LogP contribution >= 0.6 is 11.6 Å². The van der Waals surface area contributed by atoms with Crippen molar-refractivity contribution in [3.05, 3.63) is 40.9 Å². The van der Waals surface area contributed by atoms with Gasteiger partial charge in [-0.15, -0.1) is 0 Å². The van der Waals surface area contributed by atoms with Crippen molar-refractivity contribution in [2.75, 3.05) is 0 Å². The summed E-state index contributed by atoms with van der Waals surface area (Å²) in [6.45, 7) is 5.66. The first kappa shape index (κ1) is 15.9. The van der Waals surface area contributed by atoms with Crippen LogP contribution in [0.15, 0.2) is 29.4 Å². The van der Waals surface area contributed by atoms with Gasteiger partial charge in [0.15, 0.2) is 0 Å². The van der Waals surface area contributed by atoms with Gasteiger partial charge < -0.3 is 0 Å². The molecule has 1 aromatic carbocycles. The molecule has 8 heteroatoms. The molecular weight excluding hydrogens is 312 g/mol. The molecule has 6 nitrogen and oxygen atoms in total. The largest absolute Gasteiger partial charge is 0.262 e. The molecule has 0 aliphatic rings. The lowest BCUT2D eigenvalue weighted by molar-refractivity contribution is 0.560. The molecule has 1 heterocycles. The van der Waals surface area contributed by atoms with E-state index in [0.29, 0.717) is 5.82 Å². The Hall–Kier alpha value is -1.44. The van der Waals surface area contributed by atoms with E-state index in [0.717, 1.165) is 5.56 Å². The minimum absolute atomic E-state index is 0.0710. The summed E-state index contributed by atoms with van der Waals surface area (Å²) < 4.78 is 27.5. The lowest BCUT2D eigenvalue weighted by Crippen LogP contribution is -2.28. The Bertz CT molecular complexity index is 714. The van der Waals surface area contributed by atoms with Gasteiger partial charge in [0.05, 0.1) is 11.1 Å². The molecule has 21 heavy (non-hydrogen) atoms. The van der Waals surface area contributed by atoms with Crippen molar-refractivity contribution in [3.63, 3.8) is 0 Å². The van der Waals surface area contributed by atoms with Gasteiger partial charge in [0.1, 0.15) is 17.0 Å². The van der Waals surface area contributed by atoms with Gasteiger partial charge in [0.2, 0.25) is 10.0 Å². The van der Waals surface area contributed by atoms with Gasteiger partial charge in [-0.2, -0.15) is 5.10 Å². The molecule has 0 bridgehead atoms. The average molecular weight is 329 g/mol. The minimum atomic E-state index is -3.74. The molecular formula is C13H17ClN4O2S. The van der Waals surface area contributed by atoms with Gasteiger partial charge >= 0.3 is 0 Å². The Morgan fingerprint density at radius 3 is 2.57 bits per heavy atom. The molecule has 0 unspecified atom stereocenters. The zero-order valence-electron chi connectivity index (χ0n) is 12.0. The normalized spacial score (nSPS) is 13.6. The average Bonchev–Trinajstić information content (AvgIpc) is 2.92. The second kappa shape index (κ2) is 6.13. The number of hydrogen-bond acceptors (Lipinski definition) is 4. The van der Waals surface area contributed by atoms with Gasteiger partial charge in [-0.05, 0) is 30.5 Å². The zero-order chi connectivity index (χ0) is 15.6. The van der Waals surface area contributed by atoms with Crippen LogP contribution in [-0.2, 0) is 10.0 Å². The fourth-order valence-electron chi connectivity index (χ4n) is 1.86. The molecule has 114 valence electrons. The first-order chi connectivity index (χ1) is 9.81. The number of nitrogens with zero attached hydrogens (tertiary/aromatic N) is 2. The monoisotopic (exact) mass is 328 g/mol. The lowest BCUT2D eigenvalue weighted by Gasteiger charge is -2.14. The van der Waals surface area contributed by atoms with Crippen LogP contribution in [-0.4, -0.2) is 23.6 Å². The molecule has 0 spiro atoms. The zero-order valence-corrected chi connectivity index (χ0v) is 13.5. The van der Waals surface area contributed by atoms with Crippen LogP contribution in [0.4, 0.5) is 0 Å². The number of H-pyrrole nitrogens is 1. The Kier molecular flexibility index (Phi) is 4.65. The number of aromatic amines is 1. The van der Waals surface area contributed by atoms with E-state index < -0.39 is 16.1 Å². The van der Waals surface area contributed by atoms with Crippen LogP contribution in [0, 0.1) is 0 Å². The molecule has 0 saturated carbocycles. The Labute approximate surface area is 129 Å². The van der Waals surface area contributed by atoms with Crippen LogP contribution in [0.1, 0.15) is 44.1 Å². The number of hydrogen-bond donors (Lipinski definition) is 2. The van der Waals surface area contributed by atoms with E-state index in [9.17, 15) is 8.42 Å². The van der Waals surface area contributed by atoms with Gasteiger partial charge in [-0.3, -0.25) is 5.10 Å². The predicted molar refractivity (Wildman–Crippen MR) is 80.7 cm³/mol. The topological polar surface area (TPSA) is 87.7 Å². The van der Waals surface area contributed by atoms with Crippen molar-refractivity contribution >= 4 is 21.6 Å². The number of aromatic nitrogens is 3. The van der Waals surface area contributed by atoms with E-state index in [1.54, 1.807) is 19.1 Å². The molecule has 2 rings (SSSR count). The Morgan fingerprint density at radius 1 is 1.29 bits per heavy atom. The van der Waals surface area contributed by atoms with Gasteiger partial charge in [0.25, 0.3) is 0 Å². The number of halogens is 1. The summed E-state index contributed by atoms with van der Waals surface area (Å²) in [5, 5.41) is 6.53.